The fourth-order valence-electron chi connectivity index (χ4n) is 4.30. The minimum Gasteiger partial charge on any atom is -0.387 e. The van der Waals surface area contributed by atoms with Gasteiger partial charge in [0.1, 0.15) is 24.4 Å². The van der Waals surface area contributed by atoms with Crippen LogP contribution in [0.5, 0.6) is 0 Å². The summed E-state index contributed by atoms with van der Waals surface area (Å²) in [6, 6.07) is -0.702. The van der Waals surface area contributed by atoms with Crippen molar-refractivity contribution in [2.24, 2.45) is 5.41 Å². The molecule has 0 aromatic carbocycles. The van der Waals surface area contributed by atoms with Crippen molar-refractivity contribution in [2.75, 3.05) is 20.2 Å². The fourth-order valence-corrected chi connectivity index (χ4v) is 4.30. The number of rotatable bonds is 16. The van der Waals surface area contributed by atoms with Crippen LogP contribution in [0.1, 0.15) is 85.0 Å². The Bertz CT molecular complexity index is 690. The molecule has 0 spiro atoms. The monoisotopic (exact) mass is 510 g/mol. The molecule has 2 amide bonds. The molecule has 0 saturated carbocycles. The standard InChI is InChI=1S/C28H50N2O6/c1-6-7-8-9-10-11-12-14-19-30-20-15-13-16-21(27(30)35)29-26(34)25(36-5)24(33)23(32)22(31)17-18-28(2,3)4/h6,17-18,21-25,31-33H,1,7-16,19-20H2,2-5H3,(H,29,34)/b18-17+/t21-,22+,23-,24+,25+/m0/s1. The van der Waals surface area contributed by atoms with Gasteiger partial charge in [0, 0.05) is 20.2 Å². The third-order valence-electron chi connectivity index (χ3n) is 6.50. The van der Waals surface area contributed by atoms with Gasteiger partial charge in [-0.2, -0.15) is 0 Å². The van der Waals surface area contributed by atoms with Crippen molar-refractivity contribution in [1.82, 2.24) is 10.2 Å². The molecule has 1 saturated heterocycles. The third-order valence-corrected chi connectivity index (χ3v) is 6.50. The average Bonchev–Trinajstić information content (AvgIpc) is 2.99. The molecule has 208 valence electrons. The van der Waals surface area contributed by atoms with Gasteiger partial charge in [-0.3, -0.25) is 9.59 Å². The summed E-state index contributed by atoms with van der Waals surface area (Å²) in [6.45, 7) is 10.9. The molecule has 4 N–H and O–H groups in total. The van der Waals surface area contributed by atoms with Crippen molar-refractivity contribution in [1.29, 1.82) is 0 Å². The molecule has 36 heavy (non-hydrogen) atoms. The molecule has 0 unspecified atom stereocenters. The number of likely N-dealkylation sites (tertiary alicyclic amines) is 1. The molecule has 0 aliphatic carbocycles. The first kappa shape index (κ1) is 32.3. The van der Waals surface area contributed by atoms with Crippen LogP contribution in [0.3, 0.4) is 0 Å². The van der Waals surface area contributed by atoms with Gasteiger partial charge in [-0.15, -0.1) is 6.58 Å². The van der Waals surface area contributed by atoms with Crippen LogP contribution in [0.4, 0.5) is 0 Å². The normalized spacial score (nSPS) is 20.6. The maximum atomic E-state index is 13.1. The Morgan fingerprint density at radius 2 is 1.75 bits per heavy atom. The van der Waals surface area contributed by atoms with E-state index in [0.29, 0.717) is 19.5 Å². The van der Waals surface area contributed by atoms with E-state index in [1.165, 1.54) is 32.4 Å². The van der Waals surface area contributed by atoms with E-state index in [0.717, 1.165) is 38.5 Å². The number of aliphatic hydroxyl groups is 3. The second-order valence-corrected chi connectivity index (χ2v) is 10.9. The van der Waals surface area contributed by atoms with E-state index >= 15 is 0 Å². The van der Waals surface area contributed by atoms with Gasteiger partial charge < -0.3 is 30.3 Å². The largest absolute Gasteiger partial charge is 0.387 e. The summed E-state index contributed by atoms with van der Waals surface area (Å²) < 4.78 is 5.16. The van der Waals surface area contributed by atoms with Gasteiger partial charge in [-0.25, -0.2) is 0 Å². The maximum absolute atomic E-state index is 13.1. The van der Waals surface area contributed by atoms with Crippen LogP contribution < -0.4 is 5.32 Å². The van der Waals surface area contributed by atoms with E-state index in [1.807, 2.05) is 31.7 Å². The zero-order valence-corrected chi connectivity index (χ0v) is 22.8. The zero-order valence-electron chi connectivity index (χ0n) is 22.8. The van der Waals surface area contributed by atoms with Crippen molar-refractivity contribution in [3.8, 4) is 0 Å². The summed E-state index contributed by atoms with van der Waals surface area (Å²) in [6.07, 6.45) is 8.92. The molecule has 0 aromatic heterocycles. The van der Waals surface area contributed by atoms with Crippen LogP contribution in [0.15, 0.2) is 24.8 Å². The maximum Gasteiger partial charge on any atom is 0.252 e. The number of hydrogen-bond donors (Lipinski definition) is 4. The second kappa shape index (κ2) is 16.9. The number of ether oxygens (including phenoxy) is 1. The number of nitrogens with one attached hydrogen (secondary N) is 1. The van der Waals surface area contributed by atoms with Crippen LogP contribution >= 0.6 is 0 Å². The van der Waals surface area contributed by atoms with E-state index < -0.39 is 36.4 Å². The van der Waals surface area contributed by atoms with E-state index in [-0.39, 0.29) is 11.3 Å². The van der Waals surface area contributed by atoms with E-state index in [9.17, 15) is 24.9 Å². The molecule has 8 nitrogen and oxygen atoms in total. The number of amides is 2. The first-order valence-corrected chi connectivity index (χ1v) is 13.5. The Morgan fingerprint density at radius 3 is 2.36 bits per heavy atom. The Hall–Kier alpha value is -1.74. The highest BCUT2D eigenvalue weighted by molar-refractivity contribution is 5.89. The quantitative estimate of drug-likeness (QED) is 0.187. The molecule has 8 heteroatoms. The van der Waals surface area contributed by atoms with Crippen molar-refractivity contribution < 1.29 is 29.6 Å². The van der Waals surface area contributed by atoms with Gasteiger partial charge in [0.2, 0.25) is 5.91 Å². The van der Waals surface area contributed by atoms with Crippen molar-refractivity contribution in [3.63, 3.8) is 0 Å². The van der Waals surface area contributed by atoms with Gasteiger partial charge in [0.25, 0.3) is 5.91 Å². The van der Waals surface area contributed by atoms with Gasteiger partial charge in [0.05, 0.1) is 0 Å². The lowest BCUT2D eigenvalue weighted by Crippen LogP contribution is -2.55. The van der Waals surface area contributed by atoms with Crippen LogP contribution in [-0.2, 0) is 14.3 Å². The van der Waals surface area contributed by atoms with Crippen LogP contribution in [0.25, 0.3) is 0 Å². The molecule has 1 heterocycles. The minimum atomic E-state index is -1.67. The number of aliphatic hydroxyl groups excluding tert-OH is 3. The molecule has 1 rings (SSSR count). The highest BCUT2D eigenvalue weighted by Crippen LogP contribution is 2.18. The highest BCUT2D eigenvalue weighted by Gasteiger charge is 2.37. The molecule has 0 bridgehead atoms. The Morgan fingerprint density at radius 1 is 1.11 bits per heavy atom. The topological polar surface area (TPSA) is 119 Å². The van der Waals surface area contributed by atoms with E-state index in [2.05, 4.69) is 11.9 Å². The molecular weight excluding hydrogens is 460 g/mol. The summed E-state index contributed by atoms with van der Waals surface area (Å²) in [4.78, 5) is 27.9. The predicted octanol–water partition coefficient (Wildman–Crippen LogP) is 3.10. The van der Waals surface area contributed by atoms with Gasteiger partial charge in [0.15, 0.2) is 6.10 Å². The van der Waals surface area contributed by atoms with Crippen LogP contribution in [0.2, 0.25) is 0 Å². The molecule has 0 aromatic rings. The van der Waals surface area contributed by atoms with Gasteiger partial charge >= 0.3 is 0 Å². The Kier molecular flexibility index (Phi) is 15.2. The SMILES string of the molecule is C=CCCCCCCCCN1CCCC[C@H](NC(=O)[C@H](OC)[C@H](O)[C@@H](O)[C@H](O)/C=C/C(C)(C)C)C1=O. The fraction of sp³-hybridized carbons (Fsp3) is 0.786. The van der Waals surface area contributed by atoms with Crippen molar-refractivity contribution in [2.45, 2.75) is 115 Å². The van der Waals surface area contributed by atoms with E-state index in [1.54, 1.807) is 6.08 Å². The Labute approximate surface area is 217 Å². The molecule has 0 radical (unpaired) electrons. The third kappa shape index (κ3) is 12.0. The molecule has 1 aliphatic heterocycles. The molecule has 1 aliphatic rings. The van der Waals surface area contributed by atoms with E-state index in [4.69, 9.17) is 4.74 Å². The van der Waals surface area contributed by atoms with Crippen molar-refractivity contribution in [3.05, 3.63) is 24.8 Å². The smallest absolute Gasteiger partial charge is 0.252 e. The number of carbonyl (C=O) groups is 2. The summed E-state index contributed by atoms with van der Waals surface area (Å²) in [5, 5.41) is 33.9. The number of nitrogens with zero attached hydrogens (tertiary/aromatic N) is 1. The number of allylic oxidation sites excluding steroid dienone is 2. The van der Waals surface area contributed by atoms with Crippen LogP contribution in [0, 0.1) is 5.41 Å². The van der Waals surface area contributed by atoms with Crippen LogP contribution in [-0.4, -0.2) is 82.7 Å². The zero-order chi connectivity index (χ0) is 27.1. The van der Waals surface area contributed by atoms with Gasteiger partial charge in [-0.1, -0.05) is 64.7 Å². The van der Waals surface area contributed by atoms with Crippen molar-refractivity contribution >= 4 is 11.8 Å². The predicted molar refractivity (Wildman–Crippen MR) is 142 cm³/mol. The van der Waals surface area contributed by atoms with Gasteiger partial charge in [-0.05, 0) is 43.9 Å². The lowest BCUT2D eigenvalue weighted by atomic mass is 9.94. The first-order chi connectivity index (χ1) is 17.0. The number of carbonyl (C=O) groups excluding carboxylic acids is 2. The minimum absolute atomic E-state index is 0.120. The summed E-state index contributed by atoms with van der Waals surface area (Å²) in [7, 11) is 1.25. The number of methoxy groups -OCH3 is 1. The second-order valence-electron chi connectivity index (χ2n) is 10.9. The average molecular weight is 511 g/mol. The molecule has 5 atom stereocenters. The number of unbranched alkanes of at least 4 members (excludes halogenated alkanes) is 6. The summed E-state index contributed by atoms with van der Waals surface area (Å²) >= 11 is 0. The number of hydrogen-bond acceptors (Lipinski definition) is 6. The summed E-state index contributed by atoms with van der Waals surface area (Å²) in [5.74, 6) is -0.805. The molecular formula is C28H50N2O6. The Balaban J connectivity index is 2.63. The lowest BCUT2D eigenvalue weighted by molar-refractivity contribution is -0.151. The summed E-state index contributed by atoms with van der Waals surface area (Å²) in [5.41, 5.74) is -0.221. The molecule has 1 fully saturated rings. The highest BCUT2D eigenvalue weighted by atomic mass is 16.5. The lowest BCUT2D eigenvalue weighted by Gasteiger charge is -2.29. The first-order valence-electron chi connectivity index (χ1n) is 13.5.